The van der Waals surface area contributed by atoms with Crippen LogP contribution in [0.25, 0.3) is 0 Å². The smallest absolute Gasteiger partial charge is 0.311 e. The summed E-state index contributed by atoms with van der Waals surface area (Å²) in [5, 5.41) is 11.0. The van der Waals surface area contributed by atoms with E-state index < -0.39 is 6.10 Å². The maximum atomic E-state index is 13.5. The van der Waals surface area contributed by atoms with Crippen molar-refractivity contribution in [3.8, 4) is 0 Å². The Labute approximate surface area is 244 Å². The molecule has 0 heterocycles. The Balaban J connectivity index is 1.97. The van der Waals surface area contributed by atoms with E-state index in [-0.39, 0.29) is 24.6 Å². The maximum absolute atomic E-state index is 13.5. The fourth-order valence-electron chi connectivity index (χ4n) is 5.28. The van der Waals surface area contributed by atoms with Crippen LogP contribution in [0.15, 0.2) is 60.7 Å². The second-order valence-corrected chi connectivity index (χ2v) is 11.4. The summed E-state index contributed by atoms with van der Waals surface area (Å²) in [4.78, 5) is 13.5. The molecule has 2 aromatic carbocycles. The highest BCUT2D eigenvalue weighted by Gasteiger charge is 2.32. The molecule has 0 fully saturated rings. The van der Waals surface area contributed by atoms with E-state index in [1.165, 1.54) is 44.9 Å². The Morgan fingerprint density at radius 2 is 1.12 bits per heavy atom. The highest BCUT2D eigenvalue weighted by molar-refractivity contribution is 5.73. The normalized spacial score (nSPS) is 13.6. The van der Waals surface area contributed by atoms with Gasteiger partial charge in [0.15, 0.2) is 0 Å². The predicted molar refractivity (Wildman–Crippen MR) is 166 cm³/mol. The fraction of sp³-hybridized carbons (Fsp3) is 0.639. The third-order valence-electron chi connectivity index (χ3n) is 7.80. The first-order valence-electron chi connectivity index (χ1n) is 16.2. The first-order valence-corrected chi connectivity index (χ1v) is 16.2. The Bertz CT molecular complexity index is 854. The van der Waals surface area contributed by atoms with E-state index in [1.54, 1.807) is 0 Å². The van der Waals surface area contributed by atoms with E-state index in [9.17, 15) is 9.90 Å². The zero-order valence-electron chi connectivity index (χ0n) is 25.4. The molecule has 0 aromatic heterocycles. The van der Waals surface area contributed by atoms with Crippen molar-refractivity contribution in [2.45, 2.75) is 142 Å². The van der Waals surface area contributed by atoms with Crippen LogP contribution in [0.5, 0.6) is 0 Å². The number of carbonyl (C=O) groups is 1. The fourth-order valence-corrected chi connectivity index (χ4v) is 5.28. The second kappa shape index (κ2) is 22.5. The number of ether oxygens (including phenoxy) is 2. The number of aliphatic hydroxyl groups is 1. The molecule has 0 saturated heterocycles. The first kappa shape index (κ1) is 34.0. The molecule has 0 unspecified atom stereocenters. The van der Waals surface area contributed by atoms with Crippen LogP contribution in [0.4, 0.5) is 0 Å². The lowest BCUT2D eigenvalue weighted by molar-refractivity contribution is -0.158. The minimum absolute atomic E-state index is 0.214. The molecule has 1 N–H and O–H groups in total. The molecule has 3 atom stereocenters. The van der Waals surface area contributed by atoms with Crippen molar-refractivity contribution in [3.63, 3.8) is 0 Å². The van der Waals surface area contributed by atoms with Crippen molar-refractivity contribution >= 4 is 5.97 Å². The lowest BCUT2D eigenvalue weighted by Gasteiger charge is -2.28. The van der Waals surface area contributed by atoms with E-state index in [0.717, 1.165) is 62.5 Å². The summed E-state index contributed by atoms with van der Waals surface area (Å²) in [6.07, 6.45) is 16.8. The minimum Gasteiger partial charge on any atom is -0.461 e. The van der Waals surface area contributed by atoms with Gasteiger partial charge in [0.05, 0.1) is 24.7 Å². The number of hydrogen-bond acceptors (Lipinski definition) is 4. The zero-order valence-corrected chi connectivity index (χ0v) is 25.4. The summed E-state index contributed by atoms with van der Waals surface area (Å²) >= 11 is 0. The molecule has 2 rings (SSSR count). The van der Waals surface area contributed by atoms with Crippen LogP contribution in [-0.2, 0) is 27.5 Å². The lowest BCUT2D eigenvalue weighted by atomic mass is 9.90. The van der Waals surface area contributed by atoms with Gasteiger partial charge in [-0.2, -0.15) is 0 Å². The monoisotopic (exact) mass is 552 g/mol. The Kier molecular flexibility index (Phi) is 19.2. The molecular formula is C36H56O4. The van der Waals surface area contributed by atoms with Gasteiger partial charge in [-0.1, -0.05) is 158 Å². The molecule has 0 bridgehead atoms. The molecule has 40 heavy (non-hydrogen) atoms. The van der Waals surface area contributed by atoms with Crippen LogP contribution >= 0.6 is 0 Å². The average Bonchev–Trinajstić information content (AvgIpc) is 2.98. The van der Waals surface area contributed by atoms with Gasteiger partial charge in [0.2, 0.25) is 0 Å². The molecule has 0 aliphatic rings. The van der Waals surface area contributed by atoms with Crippen molar-refractivity contribution in [3.05, 3.63) is 71.8 Å². The van der Waals surface area contributed by atoms with Crippen LogP contribution < -0.4 is 0 Å². The third kappa shape index (κ3) is 15.6. The van der Waals surface area contributed by atoms with Crippen molar-refractivity contribution in [2.75, 3.05) is 0 Å². The molecule has 4 heteroatoms. The summed E-state index contributed by atoms with van der Waals surface area (Å²) in [7, 11) is 0. The molecule has 4 nitrogen and oxygen atoms in total. The third-order valence-corrected chi connectivity index (χ3v) is 7.80. The van der Waals surface area contributed by atoms with Gasteiger partial charge in [0.25, 0.3) is 0 Å². The van der Waals surface area contributed by atoms with E-state index in [2.05, 4.69) is 13.8 Å². The summed E-state index contributed by atoms with van der Waals surface area (Å²) < 4.78 is 12.2. The van der Waals surface area contributed by atoms with Crippen LogP contribution in [0.2, 0.25) is 0 Å². The molecule has 2 aromatic rings. The average molecular weight is 553 g/mol. The topological polar surface area (TPSA) is 55.8 Å². The molecule has 0 saturated carbocycles. The number of esters is 1. The number of rotatable bonds is 24. The standard InChI is InChI=1S/C36H56O4/c1-3-5-7-9-10-11-12-13-20-26-33(37)28-35(39-29-31-22-16-14-17-23-31)34(27-21-8-6-4-2)36(38)40-30-32-24-18-15-19-25-32/h14-19,22-25,33-35,37H,3-13,20-21,26-30H2,1-2H3/t33-,34-,35-/m1/s1. The van der Waals surface area contributed by atoms with Gasteiger partial charge < -0.3 is 14.6 Å². The summed E-state index contributed by atoms with van der Waals surface area (Å²) in [5.74, 6) is -0.601. The largest absolute Gasteiger partial charge is 0.461 e. The Morgan fingerprint density at radius 3 is 1.70 bits per heavy atom. The van der Waals surface area contributed by atoms with Crippen LogP contribution in [-0.4, -0.2) is 23.3 Å². The summed E-state index contributed by atoms with van der Waals surface area (Å²) in [5.41, 5.74) is 2.05. The number of unbranched alkanes of at least 4 members (excludes halogenated alkanes) is 11. The quantitative estimate of drug-likeness (QED) is 0.104. The molecule has 0 radical (unpaired) electrons. The predicted octanol–water partition coefficient (Wildman–Crippen LogP) is 9.57. The van der Waals surface area contributed by atoms with Crippen molar-refractivity contribution in [2.24, 2.45) is 5.92 Å². The maximum Gasteiger partial charge on any atom is 0.311 e. The van der Waals surface area contributed by atoms with Crippen LogP contribution in [0.3, 0.4) is 0 Å². The van der Waals surface area contributed by atoms with Gasteiger partial charge in [-0.15, -0.1) is 0 Å². The van der Waals surface area contributed by atoms with Gasteiger partial charge in [-0.05, 0) is 24.0 Å². The van der Waals surface area contributed by atoms with E-state index in [4.69, 9.17) is 9.47 Å². The Morgan fingerprint density at radius 1 is 0.650 bits per heavy atom. The van der Waals surface area contributed by atoms with Gasteiger partial charge in [0, 0.05) is 6.42 Å². The van der Waals surface area contributed by atoms with E-state index >= 15 is 0 Å². The SMILES string of the molecule is CCCCCCCCCCC[C@@H](O)C[C@@H](OCc1ccccc1)[C@@H](CCCCCC)C(=O)OCc1ccccc1. The Hall–Kier alpha value is -2.17. The number of carbonyl (C=O) groups excluding carboxylic acids is 1. The first-order chi connectivity index (χ1) is 19.6. The van der Waals surface area contributed by atoms with Crippen LogP contribution in [0, 0.1) is 5.92 Å². The molecule has 224 valence electrons. The minimum atomic E-state index is -0.481. The molecule has 0 amide bonds. The molecular weight excluding hydrogens is 496 g/mol. The summed E-state index contributed by atoms with van der Waals surface area (Å²) in [6, 6.07) is 19.9. The van der Waals surface area contributed by atoms with Crippen LogP contribution in [0.1, 0.15) is 128 Å². The van der Waals surface area contributed by atoms with E-state index in [1.807, 2.05) is 60.7 Å². The number of hydrogen-bond donors (Lipinski definition) is 1. The zero-order chi connectivity index (χ0) is 28.7. The highest BCUT2D eigenvalue weighted by atomic mass is 16.5. The number of benzene rings is 2. The van der Waals surface area contributed by atoms with Crippen molar-refractivity contribution in [1.82, 2.24) is 0 Å². The summed E-state index contributed by atoms with van der Waals surface area (Å²) in [6.45, 7) is 5.14. The number of aliphatic hydroxyl groups excluding tert-OH is 1. The van der Waals surface area contributed by atoms with Gasteiger partial charge in [-0.25, -0.2) is 0 Å². The highest BCUT2D eigenvalue weighted by Crippen LogP contribution is 2.26. The van der Waals surface area contributed by atoms with E-state index in [0.29, 0.717) is 13.0 Å². The molecule has 0 spiro atoms. The molecule has 0 aliphatic carbocycles. The van der Waals surface area contributed by atoms with Gasteiger partial charge in [-0.3, -0.25) is 4.79 Å². The second-order valence-electron chi connectivity index (χ2n) is 11.4. The van der Waals surface area contributed by atoms with Crippen molar-refractivity contribution < 1.29 is 19.4 Å². The van der Waals surface area contributed by atoms with Gasteiger partial charge >= 0.3 is 5.97 Å². The van der Waals surface area contributed by atoms with Crippen molar-refractivity contribution in [1.29, 1.82) is 0 Å². The van der Waals surface area contributed by atoms with Gasteiger partial charge in [0.1, 0.15) is 6.61 Å². The lowest BCUT2D eigenvalue weighted by Crippen LogP contribution is -2.35. The molecule has 0 aliphatic heterocycles.